The Morgan fingerprint density at radius 3 is 2.76 bits per heavy atom. The van der Waals surface area contributed by atoms with Gasteiger partial charge in [0.25, 0.3) is 0 Å². The lowest BCUT2D eigenvalue weighted by atomic mass is 10.1. The maximum absolute atomic E-state index is 11.2. The van der Waals surface area contributed by atoms with Gasteiger partial charge in [-0.2, -0.15) is 4.73 Å². The second-order valence-electron chi connectivity index (χ2n) is 4.13. The molecular formula is C14H11ClN2O4. The quantitative estimate of drug-likeness (QED) is 0.376. The highest BCUT2D eigenvalue weighted by molar-refractivity contribution is 6.32. The number of ether oxygens (including phenoxy) is 1. The predicted octanol–water partition coefficient (Wildman–Crippen LogP) is 3.06. The standard InChI is InChI=1S/C14H11ClN2O4/c1-21-14-5-3-10(8-13(14)17(19)20)2-4-11-9-16(18)7-6-12(11)15/h2-9H,1H3. The fourth-order valence-electron chi connectivity index (χ4n) is 1.74. The first-order valence-corrected chi connectivity index (χ1v) is 6.28. The Balaban J connectivity index is 2.35. The summed E-state index contributed by atoms with van der Waals surface area (Å²) < 4.78 is 5.55. The van der Waals surface area contributed by atoms with Crippen molar-refractivity contribution < 1.29 is 14.4 Å². The minimum Gasteiger partial charge on any atom is -0.619 e. The summed E-state index contributed by atoms with van der Waals surface area (Å²) >= 11 is 5.96. The highest BCUT2D eigenvalue weighted by Crippen LogP contribution is 2.28. The van der Waals surface area contributed by atoms with Crippen LogP contribution < -0.4 is 9.47 Å². The van der Waals surface area contributed by atoms with Crippen LogP contribution in [0.3, 0.4) is 0 Å². The zero-order valence-corrected chi connectivity index (χ0v) is 11.8. The number of halogens is 1. The van der Waals surface area contributed by atoms with Crippen LogP contribution in [0, 0.1) is 15.3 Å². The fraction of sp³-hybridized carbons (Fsp3) is 0.0714. The summed E-state index contributed by atoms with van der Waals surface area (Å²) in [6.45, 7) is 0. The van der Waals surface area contributed by atoms with Gasteiger partial charge in [-0.25, -0.2) is 0 Å². The van der Waals surface area contributed by atoms with E-state index in [1.54, 1.807) is 18.2 Å². The lowest BCUT2D eigenvalue weighted by molar-refractivity contribution is -0.605. The number of nitrogens with zero attached hydrogens (tertiary/aromatic N) is 2. The van der Waals surface area contributed by atoms with Crippen LogP contribution in [0.4, 0.5) is 5.69 Å². The van der Waals surface area contributed by atoms with Gasteiger partial charge in [0.15, 0.2) is 18.1 Å². The maximum Gasteiger partial charge on any atom is 0.311 e. The molecule has 0 spiro atoms. The Kier molecular flexibility index (Phi) is 4.39. The molecule has 0 aliphatic rings. The van der Waals surface area contributed by atoms with Crippen LogP contribution in [-0.4, -0.2) is 12.0 Å². The van der Waals surface area contributed by atoms with Gasteiger partial charge < -0.3 is 9.94 Å². The third-order valence-electron chi connectivity index (χ3n) is 2.76. The smallest absolute Gasteiger partial charge is 0.311 e. The van der Waals surface area contributed by atoms with Crippen molar-refractivity contribution >= 4 is 29.4 Å². The third kappa shape index (κ3) is 3.49. The molecule has 6 nitrogen and oxygen atoms in total. The molecule has 1 heterocycles. The number of pyridine rings is 1. The van der Waals surface area contributed by atoms with Gasteiger partial charge in [-0.15, -0.1) is 0 Å². The van der Waals surface area contributed by atoms with Gasteiger partial charge in [-0.1, -0.05) is 23.7 Å². The van der Waals surface area contributed by atoms with E-state index in [2.05, 4.69) is 0 Å². The Morgan fingerprint density at radius 2 is 2.10 bits per heavy atom. The zero-order valence-electron chi connectivity index (χ0n) is 11.0. The monoisotopic (exact) mass is 306 g/mol. The van der Waals surface area contributed by atoms with Crippen molar-refractivity contribution in [2.24, 2.45) is 0 Å². The number of benzene rings is 1. The van der Waals surface area contributed by atoms with Crippen LogP contribution in [0.2, 0.25) is 5.02 Å². The van der Waals surface area contributed by atoms with E-state index >= 15 is 0 Å². The first-order chi connectivity index (χ1) is 10.0. The number of rotatable bonds is 4. The number of methoxy groups -OCH3 is 1. The molecular weight excluding hydrogens is 296 g/mol. The Labute approximate surface area is 125 Å². The molecule has 1 aromatic heterocycles. The molecule has 0 bridgehead atoms. The van der Waals surface area contributed by atoms with E-state index in [1.165, 1.54) is 37.7 Å². The van der Waals surface area contributed by atoms with Gasteiger partial charge in [0.2, 0.25) is 0 Å². The van der Waals surface area contributed by atoms with Gasteiger partial charge in [-0.05, 0) is 17.7 Å². The van der Waals surface area contributed by atoms with E-state index < -0.39 is 4.92 Å². The van der Waals surface area contributed by atoms with Crippen molar-refractivity contribution in [2.75, 3.05) is 7.11 Å². The van der Waals surface area contributed by atoms with Crippen molar-refractivity contribution in [3.05, 3.63) is 68.1 Å². The van der Waals surface area contributed by atoms with Crippen LogP contribution in [0.1, 0.15) is 11.1 Å². The number of aromatic nitrogens is 1. The topological polar surface area (TPSA) is 79.3 Å². The van der Waals surface area contributed by atoms with Gasteiger partial charge in [-0.3, -0.25) is 10.1 Å². The molecule has 0 aliphatic heterocycles. The molecule has 0 saturated carbocycles. The molecule has 108 valence electrons. The first-order valence-electron chi connectivity index (χ1n) is 5.90. The SMILES string of the molecule is COc1ccc(C=Cc2c[n+]([O-])ccc2Cl)cc1[N+](=O)[O-]. The molecule has 0 radical (unpaired) electrons. The second-order valence-corrected chi connectivity index (χ2v) is 4.54. The molecule has 21 heavy (non-hydrogen) atoms. The molecule has 0 fully saturated rings. The van der Waals surface area contributed by atoms with Crippen molar-refractivity contribution in [2.45, 2.75) is 0 Å². The lowest BCUT2D eigenvalue weighted by Crippen LogP contribution is -2.24. The van der Waals surface area contributed by atoms with Crippen LogP contribution >= 0.6 is 11.6 Å². The Hall–Kier alpha value is -2.60. The van der Waals surface area contributed by atoms with Crippen molar-refractivity contribution in [1.82, 2.24) is 0 Å². The molecule has 0 amide bonds. The van der Waals surface area contributed by atoms with E-state index in [4.69, 9.17) is 16.3 Å². The Bertz CT molecular complexity index is 716. The molecule has 0 aliphatic carbocycles. The first kappa shape index (κ1) is 14.8. The minimum atomic E-state index is -0.517. The molecule has 0 N–H and O–H groups in total. The third-order valence-corrected chi connectivity index (χ3v) is 3.11. The fourth-order valence-corrected chi connectivity index (χ4v) is 1.91. The van der Waals surface area contributed by atoms with E-state index in [-0.39, 0.29) is 11.4 Å². The molecule has 2 aromatic rings. The van der Waals surface area contributed by atoms with Crippen LogP contribution in [0.25, 0.3) is 12.2 Å². The molecule has 0 atom stereocenters. The van der Waals surface area contributed by atoms with Crippen LogP contribution in [-0.2, 0) is 0 Å². The highest BCUT2D eigenvalue weighted by Gasteiger charge is 2.14. The van der Waals surface area contributed by atoms with Gasteiger partial charge in [0.1, 0.15) is 0 Å². The second kappa shape index (κ2) is 6.23. The molecule has 2 rings (SSSR count). The normalized spacial score (nSPS) is 10.8. The van der Waals surface area contributed by atoms with E-state index in [9.17, 15) is 15.3 Å². The summed E-state index contributed by atoms with van der Waals surface area (Å²) in [6, 6.07) is 6.05. The lowest BCUT2D eigenvalue weighted by Gasteiger charge is -2.02. The predicted molar refractivity (Wildman–Crippen MR) is 79.0 cm³/mol. The van der Waals surface area contributed by atoms with Gasteiger partial charge in [0.05, 0.1) is 22.6 Å². The number of nitro benzene ring substituents is 1. The maximum atomic E-state index is 11.2. The minimum absolute atomic E-state index is 0.127. The number of hydrogen-bond donors (Lipinski definition) is 0. The summed E-state index contributed by atoms with van der Waals surface area (Å²) in [4.78, 5) is 10.4. The number of nitro groups is 1. The van der Waals surface area contributed by atoms with E-state index in [0.717, 1.165) is 0 Å². The van der Waals surface area contributed by atoms with Crippen molar-refractivity contribution in [1.29, 1.82) is 0 Å². The van der Waals surface area contributed by atoms with E-state index in [1.807, 2.05) is 0 Å². The Morgan fingerprint density at radius 1 is 1.33 bits per heavy atom. The summed E-state index contributed by atoms with van der Waals surface area (Å²) in [5.41, 5.74) is 0.991. The van der Waals surface area contributed by atoms with Gasteiger partial charge >= 0.3 is 5.69 Å². The largest absolute Gasteiger partial charge is 0.619 e. The van der Waals surface area contributed by atoms with Crippen molar-refractivity contribution in [3.8, 4) is 5.75 Å². The summed E-state index contributed by atoms with van der Waals surface area (Å²) in [5.74, 6) is 0.187. The van der Waals surface area contributed by atoms with Crippen LogP contribution in [0.15, 0.2) is 36.7 Å². The van der Waals surface area contributed by atoms with Crippen molar-refractivity contribution in [3.63, 3.8) is 0 Å². The molecule has 7 heteroatoms. The summed E-state index contributed by atoms with van der Waals surface area (Å²) in [7, 11) is 1.37. The molecule has 1 aromatic carbocycles. The average molecular weight is 307 g/mol. The molecule has 0 saturated heterocycles. The average Bonchev–Trinajstić information content (AvgIpc) is 2.47. The van der Waals surface area contributed by atoms with Crippen LogP contribution in [0.5, 0.6) is 5.75 Å². The highest BCUT2D eigenvalue weighted by atomic mass is 35.5. The van der Waals surface area contributed by atoms with Gasteiger partial charge in [0, 0.05) is 12.1 Å². The molecule has 0 unspecified atom stereocenters. The zero-order chi connectivity index (χ0) is 15.4. The summed E-state index contributed by atoms with van der Waals surface area (Å²) in [6.07, 6.45) is 5.85. The number of hydrogen-bond acceptors (Lipinski definition) is 4. The summed E-state index contributed by atoms with van der Waals surface area (Å²) in [5, 5.41) is 22.6. The van der Waals surface area contributed by atoms with E-state index in [0.29, 0.717) is 20.9 Å².